The van der Waals surface area contributed by atoms with Crippen molar-refractivity contribution in [2.24, 2.45) is 11.3 Å². The molecule has 0 bridgehead atoms. The highest BCUT2D eigenvalue weighted by atomic mass is 35.5. The first-order valence-corrected chi connectivity index (χ1v) is 21.9. The van der Waals surface area contributed by atoms with E-state index in [0.29, 0.717) is 48.4 Å². The number of nitrogens with one attached hydrogen (secondary N) is 1. The van der Waals surface area contributed by atoms with Gasteiger partial charge in [-0.05, 0) is 105 Å². The van der Waals surface area contributed by atoms with Crippen LogP contribution < -0.4 is 20.0 Å². The van der Waals surface area contributed by atoms with Crippen molar-refractivity contribution in [1.29, 1.82) is 0 Å². The van der Waals surface area contributed by atoms with Gasteiger partial charge in [0.1, 0.15) is 11.9 Å². The van der Waals surface area contributed by atoms with E-state index < -0.39 is 35.5 Å². The zero-order valence-corrected chi connectivity index (χ0v) is 35.2. The molecule has 5 amide bonds. The number of amides is 5. The van der Waals surface area contributed by atoms with E-state index in [0.717, 1.165) is 106 Å². The number of carbonyl (C=O) groups is 5. The highest BCUT2D eigenvalue weighted by Gasteiger charge is 2.46. The van der Waals surface area contributed by atoms with E-state index in [9.17, 15) is 24.0 Å². The maximum atomic E-state index is 15.5. The molecule has 6 heterocycles. The van der Waals surface area contributed by atoms with Gasteiger partial charge in [-0.3, -0.25) is 39.1 Å². The van der Waals surface area contributed by atoms with Crippen molar-refractivity contribution >= 4 is 63.9 Å². The number of hydrogen-bond donors (Lipinski definition) is 1. The first-order valence-electron chi connectivity index (χ1n) is 21.5. The Labute approximate surface area is 360 Å². The van der Waals surface area contributed by atoms with Gasteiger partial charge in [-0.1, -0.05) is 17.7 Å². The largest absolute Gasteiger partial charge is 0.371 e. The Balaban J connectivity index is 0.723. The molecule has 6 aliphatic rings. The van der Waals surface area contributed by atoms with Crippen LogP contribution in [0.15, 0.2) is 48.5 Å². The molecule has 0 aromatic heterocycles. The lowest BCUT2D eigenvalue weighted by Crippen LogP contribution is -2.54. The second-order valence-electron chi connectivity index (χ2n) is 17.7. The molecule has 3 aromatic rings. The van der Waals surface area contributed by atoms with Crippen LogP contribution in [0.3, 0.4) is 0 Å². The van der Waals surface area contributed by atoms with Gasteiger partial charge in [0.25, 0.3) is 17.7 Å². The lowest BCUT2D eigenvalue weighted by molar-refractivity contribution is -0.136. The standard InChI is InChI=1S/C46H50ClFN8O5/c1-29-37(8-7-36(49-2)41(29)47)55-20-15-46(28-55)13-18-52(19-14-46)32-5-3-31(4-6-32)43(59)54-23-21-51(22-24-54)27-30-11-16-53(17-12-30)39-26-34-33(25-35(39)48)44(60)56(45(34)61)38-9-10-40(57)50-42(38)58/h3-8,25-26,30,38H,9-24,27-28H2,1H3,(H,50,57,58). The summed E-state index contributed by atoms with van der Waals surface area (Å²) in [7, 11) is 0. The first-order chi connectivity index (χ1) is 29.4. The van der Waals surface area contributed by atoms with Crippen LogP contribution in [0.2, 0.25) is 5.02 Å². The van der Waals surface area contributed by atoms with Gasteiger partial charge in [-0.25, -0.2) is 9.24 Å². The normalized spacial score (nSPS) is 22.3. The fourth-order valence-electron chi connectivity index (χ4n) is 10.5. The van der Waals surface area contributed by atoms with Crippen molar-refractivity contribution in [3.63, 3.8) is 0 Å². The van der Waals surface area contributed by atoms with E-state index >= 15 is 4.39 Å². The summed E-state index contributed by atoms with van der Waals surface area (Å²) in [5.41, 5.74) is 5.02. The van der Waals surface area contributed by atoms with E-state index in [1.807, 2.05) is 41.0 Å². The summed E-state index contributed by atoms with van der Waals surface area (Å²) in [4.78, 5) is 79.6. The highest BCUT2D eigenvalue weighted by molar-refractivity contribution is 6.34. The van der Waals surface area contributed by atoms with E-state index in [1.165, 1.54) is 6.07 Å². The zero-order chi connectivity index (χ0) is 42.6. The van der Waals surface area contributed by atoms with Crippen molar-refractivity contribution in [3.8, 4) is 0 Å². The smallest absolute Gasteiger partial charge is 0.262 e. The Morgan fingerprint density at radius 1 is 0.820 bits per heavy atom. The number of imide groups is 2. The number of piperidine rings is 3. The molecule has 0 radical (unpaired) electrons. The number of anilines is 3. The van der Waals surface area contributed by atoms with Crippen molar-refractivity contribution in [2.45, 2.75) is 57.9 Å². The summed E-state index contributed by atoms with van der Waals surface area (Å²) in [5, 5.41) is 2.74. The molecule has 1 atom stereocenters. The first kappa shape index (κ1) is 40.9. The van der Waals surface area contributed by atoms with Crippen LogP contribution in [0.5, 0.6) is 0 Å². The molecule has 0 aliphatic carbocycles. The Morgan fingerprint density at radius 3 is 2.13 bits per heavy atom. The van der Waals surface area contributed by atoms with Crippen molar-refractivity contribution < 1.29 is 28.4 Å². The van der Waals surface area contributed by atoms with Crippen LogP contribution >= 0.6 is 11.6 Å². The van der Waals surface area contributed by atoms with E-state index in [-0.39, 0.29) is 41.0 Å². The minimum atomic E-state index is -1.10. The van der Waals surface area contributed by atoms with Gasteiger partial charge in [0.05, 0.1) is 28.4 Å². The number of rotatable bonds is 7. The minimum Gasteiger partial charge on any atom is -0.371 e. The van der Waals surface area contributed by atoms with Gasteiger partial charge in [0.2, 0.25) is 17.5 Å². The molecule has 13 nitrogen and oxygen atoms in total. The summed E-state index contributed by atoms with van der Waals surface area (Å²) >= 11 is 6.51. The van der Waals surface area contributed by atoms with Gasteiger partial charge < -0.3 is 19.6 Å². The van der Waals surface area contributed by atoms with Crippen LogP contribution in [-0.2, 0) is 9.59 Å². The lowest BCUT2D eigenvalue weighted by Gasteiger charge is -2.40. The van der Waals surface area contributed by atoms with Gasteiger partial charge >= 0.3 is 0 Å². The molecule has 15 heteroatoms. The molecule has 61 heavy (non-hydrogen) atoms. The van der Waals surface area contributed by atoms with E-state index in [1.54, 1.807) is 0 Å². The second-order valence-corrected chi connectivity index (χ2v) is 18.1. The molecule has 5 saturated heterocycles. The average Bonchev–Trinajstić information content (AvgIpc) is 3.78. The number of piperazine rings is 1. The maximum Gasteiger partial charge on any atom is 0.262 e. The molecule has 0 saturated carbocycles. The Kier molecular flexibility index (Phi) is 11.0. The topological polar surface area (TPSA) is 121 Å². The minimum absolute atomic E-state index is 0.0178. The predicted molar refractivity (Wildman–Crippen MR) is 230 cm³/mol. The second kappa shape index (κ2) is 16.4. The molecule has 1 unspecified atom stereocenters. The quantitative estimate of drug-likeness (QED) is 0.229. The van der Waals surface area contributed by atoms with Crippen molar-refractivity contribution in [3.05, 3.63) is 93.0 Å². The summed E-state index contributed by atoms with van der Waals surface area (Å²) < 4.78 is 15.5. The zero-order valence-electron chi connectivity index (χ0n) is 34.4. The number of carbonyl (C=O) groups excluding carboxylic acids is 5. The molecule has 318 valence electrons. The monoisotopic (exact) mass is 848 g/mol. The Bertz CT molecular complexity index is 2330. The van der Waals surface area contributed by atoms with Crippen LogP contribution in [0.4, 0.5) is 27.1 Å². The Morgan fingerprint density at radius 2 is 1.48 bits per heavy atom. The molecule has 5 fully saturated rings. The van der Waals surface area contributed by atoms with Crippen LogP contribution in [0.1, 0.15) is 81.6 Å². The molecular formula is C46H50ClFN8O5. The number of nitrogens with zero attached hydrogens (tertiary/aromatic N) is 7. The van der Waals surface area contributed by atoms with Crippen molar-refractivity contribution in [2.75, 3.05) is 86.7 Å². The van der Waals surface area contributed by atoms with Gasteiger partial charge in [-0.15, -0.1) is 0 Å². The molecule has 1 spiro atoms. The number of halogens is 2. The van der Waals surface area contributed by atoms with Crippen molar-refractivity contribution in [1.82, 2.24) is 20.0 Å². The Hall–Kier alpha value is -5.52. The molecule has 9 rings (SSSR count). The van der Waals surface area contributed by atoms with E-state index in [2.05, 4.69) is 37.0 Å². The third-order valence-corrected chi connectivity index (χ3v) is 14.7. The fourth-order valence-corrected chi connectivity index (χ4v) is 10.7. The summed E-state index contributed by atoms with van der Waals surface area (Å²) in [6.45, 7) is 18.3. The third kappa shape index (κ3) is 7.71. The summed E-state index contributed by atoms with van der Waals surface area (Å²) in [6, 6.07) is 13.4. The number of benzene rings is 3. The van der Waals surface area contributed by atoms with Gasteiger partial charge in [0.15, 0.2) is 0 Å². The van der Waals surface area contributed by atoms with Gasteiger partial charge in [0, 0.05) is 95.4 Å². The van der Waals surface area contributed by atoms with Crippen LogP contribution in [0, 0.1) is 30.6 Å². The lowest BCUT2D eigenvalue weighted by atomic mass is 9.77. The fraction of sp³-hybridized carbons (Fsp3) is 0.478. The SMILES string of the molecule is [C-]#[N+]c1ccc(N2CCC3(CCN(c4ccc(C(=O)N5CCN(CC6CCN(c7cc8c(cc7F)C(=O)N(C7CCC(=O)NC7=O)C8=O)CC6)CC5)cc4)CC3)C2)c(C)c1Cl. The number of hydrogen-bond acceptors (Lipinski definition) is 9. The predicted octanol–water partition coefficient (Wildman–Crippen LogP) is 5.91. The van der Waals surface area contributed by atoms with Crippen LogP contribution in [-0.4, -0.2) is 122 Å². The summed E-state index contributed by atoms with van der Waals surface area (Å²) in [5.74, 6) is -2.64. The molecule has 1 N–H and O–H groups in total. The summed E-state index contributed by atoms with van der Waals surface area (Å²) in [6.07, 6.45) is 5.09. The number of fused-ring (bicyclic) bond motifs is 1. The average molecular weight is 849 g/mol. The third-order valence-electron chi connectivity index (χ3n) is 14.2. The molecule has 6 aliphatic heterocycles. The van der Waals surface area contributed by atoms with Crippen LogP contribution in [0.25, 0.3) is 4.85 Å². The molecule has 3 aromatic carbocycles. The van der Waals surface area contributed by atoms with Gasteiger partial charge in [-0.2, -0.15) is 0 Å². The maximum absolute atomic E-state index is 15.5. The highest BCUT2D eigenvalue weighted by Crippen LogP contribution is 2.45. The molecular weight excluding hydrogens is 799 g/mol. The van der Waals surface area contributed by atoms with E-state index in [4.69, 9.17) is 18.2 Å².